The highest BCUT2D eigenvalue weighted by Crippen LogP contribution is 2.39. The van der Waals surface area contributed by atoms with Crippen LogP contribution in [0.15, 0.2) is 67.0 Å². The molecule has 0 saturated carbocycles. The smallest absolute Gasteiger partial charge is 0.255 e. The topological polar surface area (TPSA) is 142 Å². The number of aryl methyl sites for hydroxylation is 1. The van der Waals surface area contributed by atoms with Gasteiger partial charge in [0.15, 0.2) is 5.75 Å². The molecule has 2 heterocycles. The van der Waals surface area contributed by atoms with Gasteiger partial charge in [-0.15, -0.1) is 5.10 Å². The summed E-state index contributed by atoms with van der Waals surface area (Å²) < 4.78 is 41.0. The van der Waals surface area contributed by atoms with Gasteiger partial charge in [-0.25, -0.2) is 17.8 Å². The Bertz CT molecular complexity index is 2020. The molecular weight excluding hydrogens is 606 g/mol. The maximum atomic E-state index is 13.6. The van der Waals surface area contributed by atoms with Crippen molar-refractivity contribution in [2.45, 2.75) is 40.0 Å². The predicted octanol–water partition coefficient (Wildman–Crippen LogP) is 5.68. The van der Waals surface area contributed by atoms with E-state index >= 15 is 0 Å². The number of sulfonamides is 1. The Labute approximate surface area is 268 Å². The number of carbonyl (C=O) groups excluding carboxylic acids is 1. The van der Waals surface area contributed by atoms with Crippen LogP contribution in [0.1, 0.15) is 48.0 Å². The minimum absolute atomic E-state index is 0.200. The molecule has 2 N–H and O–H groups in total. The Morgan fingerprint density at radius 3 is 2.26 bits per heavy atom. The lowest BCUT2D eigenvalue weighted by atomic mass is 9.86. The quantitative estimate of drug-likeness (QED) is 0.209. The normalized spacial score (nSPS) is 11.7. The average Bonchev–Trinajstić information content (AvgIpc) is 3.62. The van der Waals surface area contributed by atoms with Gasteiger partial charge in [-0.3, -0.25) is 9.52 Å². The highest BCUT2D eigenvalue weighted by atomic mass is 32.2. The summed E-state index contributed by atoms with van der Waals surface area (Å²) >= 11 is 0. The molecule has 0 saturated heterocycles. The molecule has 46 heavy (non-hydrogen) atoms. The third-order valence-electron chi connectivity index (χ3n) is 7.52. The number of amides is 1. The minimum Gasteiger partial charge on any atom is -0.497 e. The fourth-order valence-corrected chi connectivity index (χ4v) is 5.54. The summed E-state index contributed by atoms with van der Waals surface area (Å²) in [6.45, 7) is 9.87. The molecule has 12 nitrogen and oxygen atoms in total. The zero-order chi connectivity index (χ0) is 33.4. The lowest BCUT2D eigenvalue weighted by Gasteiger charge is -2.24. The summed E-state index contributed by atoms with van der Waals surface area (Å²) in [5, 5.41) is 16.2. The maximum absolute atomic E-state index is 13.6. The van der Waals surface area contributed by atoms with E-state index in [1.807, 2.05) is 69.6 Å². The Kier molecular flexibility index (Phi) is 8.63. The van der Waals surface area contributed by atoms with Gasteiger partial charge in [-0.1, -0.05) is 32.1 Å². The van der Waals surface area contributed by atoms with Crippen LogP contribution >= 0.6 is 0 Å². The number of rotatable bonds is 9. The third-order valence-corrected chi connectivity index (χ3v) is 8.11. The summed E-state index contributed by atoms with van der Waals surface area (Å²) in [7, 11) is -0.570. The summed E-state index contributed by atoms with van der Waals surface area (Å²) in [6, 6.07) is 16.4. The second kappa shape index (κ2) is 12.3. The van der Waals surface area contributed by atoms with Crippen molar-refractivity contribution >= 4 is 27.3 Å². The number of anilines is 2. The van der Waals surface area contributed by atoms with Crippen LogP contribution < -0.4 is 19.5 Å². The van der Waals surface area contributed by atoms with Crippen LogP contribution in [0, 0.1) is 13.8 Å². The van der Waals surface area contributed by atoms with Crippen molar-refractivity contribution in [3.8, 4) is 34.1 Å². The number of nitrogens with zero attached hydrogens (tertiary/aromatic N) is 5. The third kappa shape index (κ3) is 6.74. The SMILES string of the molecule is COc1ccc(-n2ncc(-c3cn(-c4cc(C(=O)Nc5cc(C(C)(C)C)cc(NS(C)(=O)=O)c5OC)ccc4C)nn3)c2C)cc1. The van der Waals surface area contributed by atoms with Crippen molar-refractivity contribution in [2.24, 2.45) is 0 Å². The van der Waals surface area contributed by atoms with Crippen molar-refractivity contribution in [1.82, 2.24) is 24.8 Å². The van der Waals surface area contributed by atoms with Gasteiger partial charge in [0.25, 0.3) is 5.91 Å². The van der Waals surface area contributed by atoms with E-state index in [4.69, 9.17) is 9.47 Å². The van der Waals surface area contributed by atoms with E-state index < -0.39 is 15.9 Å². The molecule has 13 heteroatoms. The number of ether oxygens (including phenoxy) is 2. The van der Waals surface area contributed by atoms with Crippen LogP contribution in [0.3, 0.4) is 0 Å². The fraction of sp³-hybridized carbons (Fsp3) is 0.273. The highest BCUT2D eigenvalue weighted by Gasteiger charge is 2.23. The first kappa shape index (κ1) is 32.2. The number of aromatic nitrogens is 5. The molecular formula is C33H37N7O5S. The Hall–Kier alpha value is -5.17. The summed E-state index contributed by atoms with van der Waals surface area (Å²) in [5.74, 6) is 0.549. The molecule has 3 aromatic carbocycles. The van der Waals surface area contributed by atoms with Gasteiger partial charge < -0.3 is 14.8 Å². The molecule has 5 rings (SSSR count). The van der Waals surface area contributed by atoms with Gasteiger partial charge in [0.1, 0.15) is 11.4 Å². The number of benzene rings is 3. The molecule has 0 atom stereocenters. The highest BCUT2D eigenvalue weighted by molar-refractivity contribution is 7.92. The monoisotopic (exact) mass is 643 g/mol. The van der Waals surface area contributed by atoms with Crippen molar-refractivity contribution in [3.05, 3.63) is 89.4 Å². The predicted molar refractivity (Wildman–Crippen MR) is 178 cm³/mol. The van der Waals surface area contributed by atoms with Crippen molar-refractivity contribution in [2.75, 3.05) is 30.5 Å². The zero-order valence-electron chi connectivity index (χ0n) is 27.0. The first-order chi connectivity index (χ1) is 21.7. The fourth-order valence-electron chi connectivity index (χ4n) is 4.99. The van der Waals surface area contributed by atoms with E-state index in [1.165, 1.54) is 7.11 Å². The lowest BCUT2D eigenvalue weighted by molar-refractivity contribution is 0.102. The van der Waals surface area contributed by atoms with E-state index in [2.05, 4.69) is 25.4 Å². The zero-order valence-corrected chi connectivity index (χ0v) is 27.9. The standard InChI is InChI=1S/C33H37N7O5S/c1-20-9-10-22(32(41)35-27-16-23(33(3,4)5)17-28(31(27)45-7)37-46(8,42)43)15-30(20)39-19-29(36-38-39)26-18-34-40(21(26)2)24-11-13-25(44-6)14-12-24/h9-19,37H,1-8H3,(H,35,41). The maximum Gasteiger partial charge on any atom is 0.255 e. The minimum atomic E-state index is -3.62. The first-order valence-electron chi connectivity index (χ1n) is 14.4. The van der Waals surface area contributed by atoms with Gasteiger partial charge in [0.05, 0.1) is 61.3 Å². The number of hydrogen-bond donors (Lipinski definition) is 2. The average molecular weight is 644 g/mol. The molecule has 0 aliphatic carbocycles. The Morgan fingerprint density at radius 2 is 1.63 bits per heavy atom. The van der Waals surface area contributed by atoms with E-state index in [1.54, 1.807) is 48.5 Å². The summed E-state index contributed by atoms with van der Waals surface area (Å²) in [5.41, 5.74) is 6.16. The molecule has 0 aliphatic rings. The molecule has 0 radical (unpaired) electrons. The van der Waals surface area contributed by atoms with Crippen LogP contribution in [-0.4, -0.2) is 59.6 Å². The molecule has 0 bridgehead atoms. The Morgan fingerprint density at radius 1 is 0.935 bits per heavy atom. The van der Waals surface area contributed by atoms with Crippen molar-refractivity contribution in [1.29, 1.82) is 0 Å². The number of carbonyl (C=O) groups is 1. The van der Waals surface area contributed by atoms with E-state index in [0.717, 1.165) is 40.1 Å². The summed E-state index contributed by atoms with van der Waals surface area (Å²) in [6.07, 6.45) is 4.61. The van der Waals surface area contributed by atoms with E-state index in [-0.39, 0.29) is 16.9 Å². The Balaban J connectivity index is 1.45. The van der Waals surface area contributed by atoms with Crippen molar-refractivity contribution in [3.63, 3.8) is 0 Å². The van der Waals surface area contributed by atoms with Crippen LogP contribution in [-0.2, 0) is 15.4 Å². The van der Waals surface area contributed by atoms with Crippen LogP contribution in [0.2, 0.25) is 0 Å². The van der Waals surface area contributed by atoms with Gasteiger partial charge in [-0.2, -0.15) is 5.10 Å². The van der Waals surface area contributed by atoms with Gasteiger partial charge in [0, 0.05) is 11.1 Å². The van der Waals surface area contributed by atoms with Crippen LogP contribution in [0.5, 0.6) is 11.5 Å². The molecule has 0 spiro atoms. The van der Waals surface area contributed by atoms with Crippen LogP contribution in [0.4, 0.5) is 11.4 Å². The molecule has 0 aliphatic heterocycles. The molecule has 1 amide bonds. The molecule has 0 fully saturated rings. The van der Waals surface area contributed by atoms with Gasteiger partial charge in [-0.05, 0) is 78.9 Å². The van der Waals surface area contributed by atoms with Crippen molar-refractivity contribution < 1.29 is 22.7 Å². The second-order valence-electron chi connectivity index (χ2n) is 12.0. The number of hydrogen-bond acceptors (Lipinski definition) is 8. The van der Waals surface area contributed by atoms with Gasteiger partial charge in [0.2, 0.25) is 10.0 Å². The summed E-state index contributed by atoms with van der Waals surface area (Å²) in [4.78, 5) is 13.6. The molecule has 5 aromatic rings. The van der Waals surface area contributed by atoms with E-state index in [9.17, 15) is 13.2 Å². The lowest BCUT2D eigenvalue weighted by Crippen LogP contribution is -2.18. The first-order valence-corrected chi connectivity index (χ1v) is 16.3. The van der Waals surface area contributed by atoms with Gasteiger partial charge >= 0.3 is 0 Å². The van der Waals surface area contributed by atoms with E-state index in [0.29, 0.717) is 22.6 Å². The number of nitrogens with one attached hydrogen (secondary N) is 2. The second-order valence-corrected chi connectivity index (χ2v) is 13.7. The van der Waals surface area contributed by atoms with Crippen LogP contribution in [0.25, 0.3) is 22.6 Å². The molecule has 240 valence electrons. The molecule has 2 aromatic heterocycles. The number of methoxy groups -OCH3 is 2. The molecule has 0 unspecified atom stereocenters. The largest absolute Gasteiger partial charge is 0.497 e.